The third-order valence-corrected chi connectivity index (χ3v) is 9.08. The molecule has 5 aromatic rings. The molecule has 45 heavy (non-hydrogen) atoms. The van der Waals surface area contributed by atoms with Crippen LogP contribution in [0.2, 0.25) is 0 Å². The number of nitro groups is 2. The van der Waals surface area contributed by atoms with Crippen molar-refractivity contribution in [2.24, 2.45) is 0 Å². The van der Waals surface area contributed by atoms with Crippen LogP contribution in [0.5, 0.6) is 0 Å². The lowest BCUT2D eigenvalue weighted by molar-refractivity contribution is -0.392. The van der Waals surface area contributed by atoms with Crippen molar-refractivity contribution in [2.75, 3.05) is 26.9 Å². The standard InChI is InChI=1S/C29H21N7O7S2/c37-28(19-14-25(35(38)39)27(26(15-19)36(40)41)34-17-30-22-8-4-5-9-24(22)34)31-20-10-12-21(13-11-20)45(42,43)33-29-32-23(16-44-29)18-6-2-1-3-7-18/h1-16,30H,17H2,(H,31,37)(H,32,33). The normalized spacial score (nSPS) is 12.2. The third-order valence-electron chi connectivity index (χ3n) is 6.84. The first-order chi connectivity index (χ1) is 21.6. The van der Waals surface area contributed by atoms with Gasteiger partial charge in [0.2, 0.25) is 5.69 Å². The predicted molar refractivity (Wildman–Crippen MR) is 170 cm³/mol. The van der Waals surface area contributed by atoms with Crippen LogP contribution in [-0.2, 0) is 10.0 Å². The largest absolute Gasteiger partial charge is 0.366 e. The molecule has 0 aliphatic carbocycles. The number of nitrogens with one attached hydrogen (secondary N) is 3. The molecule has 6 rings (SSSR count). The van der Waals surface area contributed by atoms with Crippen molar-refractivity contribution >= 4 is 66.5 Å². The van der Waals surface area contributed by atoms with E-state index in [1.807, 2.05) is 30.3 Å². The molecule has 0 radical (unpaired) electrons. The summed E-state index contributed by atoms with van der Waals surface area (Å²) in [6.45, 7) is 0.0490. The molecule has 4 aromatic carbocycles. The number of rotatable bonds is 9. The van der Waals surface area contributed by atoms with E-state index in [0.29, 0.717) is 17.1 Å². The molecule has 14 nitrogen and oxygen atoms in total. The number of nitro benzene ring substituents is 2. The molecule has 3 N–H and O–H groups in total. The van der Waals surface area contributed by atoms with E-state index >= 15 is 0 Å². The Balaban J connectivity index is 1.22. The molecule has 1 amide bonds. The fraction of sp³-hybridized carbons (Fsp3) is 0.0345. The van der Waals surface area contributed by atoms with Gasteiger partial charge in [-0.05, 0) is 36.4 Å². The number of nitrogens with zero attached hydrogens (tertiary/aromatic N) is 4. The highest BCUT2D eigenvalue weighted by atomic mass is 32.2. The smallest absolute Gasteiger partial charge is 0.300 e. The maximum atomic E-state index is 13.1. The minimum atomic E-state index is -4.02. The van der Waals surface area contributed by atoms with Gasteiger partial charge in [-0.25, -0.2) is 13.4 Å². The summed E-state index contributed by atoms with van der Waals surface area (Å²) in [7, 11) is -4.02. The van der Waals surface area contributed by atoms with Gasteiger partial charge in [-0.2, -0.15) is 0 Å². The van der Waals surface area contributed by atoms with Crippen molar-refractivity contribution in [2.45, 2.75) is 4.90 Å². The van der Waals surface area contributed by atoms with Crippen molar-refractivity contribution in [1.82, 2.24) is 4.98 Å². The molecule has 226 valence electrons. The van der Waals surface area contributed by atoms with E-state index in [1.54, 1.807) is 29.6 Å². The van der Waals surface area contributed by atoms with Crippen LogP contribution in [0.1, 0.15) is 10.4 Å². The summed E-state index contributed by atoms with van der Waals surface area (Å²) >= 11 is 1.13. The van der Waals surface area contributed by atoms with Crippen molar-refractivity contribution < 1.29 is 23.1 Å². The van der Waals surface area contributed by atoms with E-state index in [0.717, 1.165) is 29.0 Å². The summed E-state index contributed by atoms with van der Waals surface area (Å²) in [4.78, 5) is 41.3. The van der Waals surface area contributed by atoms with Crippen LogP contribution in [0.4, 0.5) is 39.3 Å². The Morgan fingerprint density at radius 3 is 2.22 bits per heavy atom. The molecule has 1 aromatic heterocycles. The Labute approximate surface area is 259 Å². The number of carbonyl (C=O) groups is 1. The second-order valence-electron chi connectivity index (χ2n) is 9.65. The molecule has 2 heterocycles. The van der Waals surface area contributed by atoms with Crippen LogP contribution in [-0.4, -0.2) is 35.8 Å². The molecule has 1 aliphatic rings. The summed E-state index contributed by atoms with van der Waals surface area (Å²) in [5.41, 5.74) is 0.924. The number of sulfonamides is 1. The second kappa shape index (κ2) is 11.7. The molecule has 0 saturated heterocycles. The van der Waals surface area contributed by atoms with Crippen molar-refractivity contribution in [3.8, 4) is 11.3 Å². The minimum absolute atomic E-state index is 0.0490. The van der Waals surface area contributed by atoms with Gasteiger partial charge in [0, 0.05) is 28.8 Å². The molecular weight excluding hydrogens is 622 g/mol. The van der Waals surface area contributed by atoms with Gasteiger partial charge in [0.1, 0.15) is 0 Å². The molecule has 0 unspecified atom stereocenters. The van der Waals surface area contributed by atoms with Crippen molar-refractivity contribution in [3.05, 3.63) is 122 Å². The van der Waals surface area contributed by atoms with Crippen LogP contribution < -0.4 is 20.3 Å². The van der Waals surface area contributed by atoms with E-state index in [2.05, 4.69) is 20.3 Å². The number of hydrogen-bond acceptors (Lipinski definition) is 11. The first-order valence-electron chi connectivity index (χ1n) is 13.1. The maximum absolute atomic E-state index is 13.1. The van der Waals surface area contributed by atoms with Gasteiger partial charge >= 0.3 is 11.4 Å². The molecular formula is C29H21N7O7S2. The van der Waals surface area contributed by atoms with Gasteiger partial charge < -0.3 is 15.5 Å². The summed E-state index contributed by atoms with van der Waals surface area (Å²) in [5, 5.41) is 31.6. The highest BCUT2D eigenvalue weighted by molar-refractivity contribution is 7.93. The highest BCUT2D eigenvalue weighted by Crippen LogP contribution is 2.46. The van der Waals surface area contributed by atoms with Crippen molar-refractivity contribution in [3.63, 3.8) is 0 Å². The van der Waals surface area contributed by atoms with Gasteiger partial charge in [-0.15, -0.1) is 11.3 Å². The second-order valence-corrected chi connectivity index (χ2v) is 12.2. The zero-order valence-corrected chi connectivity index (χ0v) is 24.5. The summed E-state index contributed by atoms with van der Waals surface area (Å²) in [6, 6.07) is 23.3. The van der Waals surface area contributed by atoms with Gasteiger partial charge in [0.15, 0.2) is 5.13 Å². The number of fused-ring (bicyclic) bond motifs is 1. The quantitative estimate of drug-likeness (QED) is 0.123. The fourth-order valence-electron chi connectivity index (χ4n) is 4.75. The van der Waals surface area contributed by atoms with Gasteiger partial charge in [-0.1, -0.05) is 42.5 Å². The number of aromatic nitrogens is 1. The zero-order valence-electron chi connectivity index (χ0n) is 22.9. The van der Waals surface area contributed by atoms with Gasteiger partial charge in [0.25, 0.3) is 15.9 Å². The third kappa shape index (κ3) is 5.86. The van der Waals surface area contributed by atoms with Crippen LogP contribution in [0, 0.1) is 20.2 Å². The number of thiazole rings is 1. The lowest BCUT2D eigenvalue weighted by atomic mass is 10.1. The van der Waals surface area contributed by atoms with Crippen LogP contribution in [0.25, 0.3) is 11.3 Å². The lowest BCUT2D eigenvalue weighted by Gasteiger charge is -2.18. The van der Waals surface area contributed by atoms with E-state index in [1.165, 1.54) is 29.2 Å². The average molecular weight is 644 g/mol. The number of benzene rings is 4. The van der Waals surface area contributed by atoms with Gasteiger partial charge in [0.05, 0.1) is 44.0 Å². The van der Waals surface area contributed by atoms with E-state index < -0.39 is 37.2 Å². The van der Waals surface area contributed by atoms with Crippen LogP contribution in [0.3, 0.4) is 0 Å². The molecule has 1 aliphatic heterocycles. The summed E-state index contributed by atoms with van der Waals surface area (Å²) in [5.74, 6) is -0.863. The highest BCUT2D eigenvalue weighted by Gasteiger charge is 2.35. The van der Waals surface area contributed by atoms with Crippen LogP contribution >= 0.6 is 11.3 Å². The SMILES string of the molecule is O=C(Nc1ccc(S(=O)(=O)Nc2nc(-c3ccccc3)cs2)cc1)c1cc([N+](=O)[O-])c(N2CNc3ccccc32)c([N+](=O)[O-])c1. The number of amides is 1. The van der Waals surface area contributed by atoms with E-state index in [4.69, 9.17) is 0 Å². The number of para-hydroxylation sites is 2. The Morgan fingerprint density at radius 2 is 1.56 bits per heavy atom. The first-order valence-corrected chi connectivity index (χ1v) is 15.5. The molecule has 0 atom stereocenters. The molecule has 16 heteroatoms. The Kier molecular flexibility index (Phi) is 7.57. The average Bonchev–Trinajstić information content (AvgIpc) is 3.68. The first kappa shape index (κ1) is 29.2. The van der Waals surface area contributed by atoms with Crippen LogP contribution in [0.15, 0.2) is 101 Å². The number of carbonyl (C=O) groups excluding carboxylic acids is 1. The minimum Gasteiger partial charge on any atom is -0.366 e. The summed E-state index contributed by atoms with van der Waals surface area (Å²) in [6.07, 6.45) is 0. The van der Waals surface area contributed by atoms with E-state index in [9.17, 15) is 33.4 Å². The Hall–Kier alpha value is -5.87. The summed E-state index contributed by atoms with van der Waals surface area (Å²) < 4.78 is 28.3. The Morgan fingerprint density at radius 1 is 0.911 bits per heavy atom. The predicted octanol–water partition coefficient (Wildman–Crippen LogP) is 6.20. The molecule has 0 spiro atoms. The lowest BCUT2D eigenvalue weighted by Crippen LogP contribution is -2.20. The number of hydrogen-bond donors (Lipinski definition) is 3. The fourth-order valence-corrected chi connectivity index (χ4v) is 6.73. The van der Waals surface area contributed by atoms with E-state index in [-0.39, 0.29) is 33.6 Å². The molecule has 0 saturated carbocycles. The topological polar surface area (TPSA) is 190 Å². The maximum Gasteiger partial charge on any atom is 0.300 e. The molecule has 0 fully saturated rings. The zero-order chi connectivity index (χ0) is 31.7. The monoisotopic (exact) mass is 643 g/mol. The molecule has 0 bridgehead atoms. The van der Waals surface area contributed by atoms with Gasteiger partial charge in [-0.3, -0.25) is 29.7 Å². The van der Waals surface area contributed by atoms with Crippen molar-refractivity contribution in [1.29, 1.82) is 0 Å². The number of anilines is 5. The Bertz CT molecular complexity index is 2030.